The number of carbonyl (C=O) groups is 7. The number of aliphatic carboxylic acids is 1. The Labute approximate surface area is 400 Å². The molecule has 0 aliphatic carbocycles. The molecule has 368 valence electrons. The van der Waals surface area contributed by atoms with Gasteiger partial charge in [-0.15, -0.1) is 0 Å². The van der Waals surface area contributed by atoms with Crippen molar-refractivity contribution in [2.24, 2.45) is 11.5 Å². The van der Waals surface area contributed by atoms with Crippen molar-refractivity contribution in [2.45, 2.75) is 102 Å². The van der Waals surface area contributed by atoms with E-state index < -0.39 is 84.4 Å². The van der Waals surface area contributed by atoms with Crippen LogP contribution < -0.4 is 38.1 Å². The number of carbonyl (C=O) groups excluding carboxylic acids is 6. The van der Waals surface area contributed by atoms with E-state index in [9.17, 15) is 54.0 Å². The molecule has 19 nitrogen and oxygen atoms in total. The Balaban J connectivity index is 1.34. The average Bonchev–Trinajstić information content (AvgIpc) is 3.33. The predicted octanol–water partition coefficient (Wildman–Crippen LogP) is 2.10. The molecule has 6 atom stereocenters. The van der Waals surface area contributed by atoms with Gasteiger partial charge in [-0.05, 0) is 116 Å². The van der Waals surface area contributed by atoms with Gasteiger partial charge >= 0.3 is 5.97 Å². The smallest absolute Gasteiger partial charge is 0.326 e. The van der Waals surface area contributed by atoms with Crippen molar-refractivity contribution in [3.8, 4) is 33.8 Å². The van der Waals surface area contributed by atoms with E-state index in [0.29, 0.717) is 18.4 Å². The predicted molar refractivity (Wildman–Crippen MR) is 256 cm³/mol. The van der Waals surface area contributed by atoms with Crippen LogP contribution in [-0.4, -0.2) is 117 Å². The van der Waals surface area contributed by atoms with Gasteiger partial charge in [0, 0.05) is 36.8 Å². The van der Waals surface area contributed by atoms with Crippen molar-refractivity contribution in [1.82, 2.24) is 31.5 Å². The number of carboxylic acid groups (broad SMARTS) is 1. The fourth-order valence-corrected chi connectivity index (χ4v) is 7.91. The molecule has 4 aromatic rings. The highest BCUT2D eigenvalue weighted by Gasteiger charge is 2.37. The summed E-state index contributed by atoms with van der Waals surface area (Å²) in [6.07, 6.45) is 1.72. The highest BCUT2D eigenvalue weighted by molar-refractivity contribution is 6.00. The van der Waals surface area contributed by atoms with Gasteiger partial charge in [0.05, 0.1) is 0 Å². The van der Waals surface area contributed by atoms with Crippen molar-refractivity contribution in [2.75, 3.05) is 20.2 Å². The summed E-state index contributed by atoms with van der Waals surface area (Å²) >= 11 is 0. The lowest BCUT2D eigenvalue weighted by Crippen LogP contribution is -2.60. The number of aryl methyl sites for hydroxylation is 1. The van der Waals surface area contributed by atoms with Gasteiger partial charge in [-0.25, -0.2) is 4.79 Å². The van der Waals surface area contributed by atoms with Crippen LogP contribution in [0.3, 0.4) is 0 Å². The highest BCUT2D eigenvalue weighted by Crippen LogP contribution is 2.39. The molecule has 4 bridgehead atoms. The molecule has 0 radical (unpaired) electrons. The summed E-state index contributed by atoms with van der Waals surface area (Å²) in [6.45, 7) is 3.20. The number of fused-ring (bicyclic) bond motifs is 5. The topological polar surface area (TPSA) is 316 Å². The van der Waals surface area contributed by atoms with E-state index in [1.807, 2.05) is 12.1 Å². The fraction of sp³-hybridized carbons (Fsp3) is 0.380. The minimum absolute atomic E-state index is 0.00967. The number of rotatable bonds is 19. The summed E-state index contributed by atoms with van der Waals surface area (Å²) in [5.41, 5.74) is 15.8. The molecule has 0 spiro atoms. The first-order chi connectivity index (χ1) is 32.9. The second kappa shape index (κ2) is 24.6. The van der Waals surface area contributed by atoms with Gasteiger partial charge in [-0.1, -0.05) is 61.9 Å². The summed E-state index contributed by atoms with van der Waals surface area (Å²) in [7, 11) is 1.27. The number of carboxylic acids is 1. The third-order valence-electron chi connectivity index (χ3n) is 11.9. The Hall–Kier alpha value is -7.35. The maximum absolute atomic E-state index is 14.5. The number of aliphatic hydroxyl groups excluding tert-OH is 1. The molecule has 1 heterocycles. The summed E-state index contributed by atoms with van der Waals surface area (Å²) < 4.78 is 0. The van der Waals surface area contributed by atoms with Gasteiger partial charge in [0.25, 0.3) is 11.8 Å². The van der Waals surface area contributed by atoms with E-state index in [1.165, 1.54) is 55.9 Å². The van der Waals surface area contributed by atoms with E-state index in [-0.39, 0.29) is 59.6 Å². The minimum atomic E-state index is -1.77. The Morgan fingerprint density at radius 2 is 1.41 bits per heavy atom. The van der Waals surface area contributed by atoms with Crippen molar-refractivity contribution in [1.29, 1.82) is 0 Å². The van der Waals surface area contributed by atoms with E-state index in [2.05, 4.69) is 45.6 Å². The maximum Gasteiger partial charge on any atom is 0.326 e. The fourth-order valence-electron chi connectivity index (χ4n) is 7.91. The van der Waals surface area contributed by atoms with Crippen LogP contribution in [0.5, 0.6) is 11.5 Å². The third kappa shape index (κ3) is 13.9. The number of nitrogens with one attached hydrogen (secondary N) is 5. The van der Waals surface area contributed by atoms with Gasteiger partial charge in [0.2, 0.25) is 23.6 Å². The average molecular weight is 951 g/mol. The van der Waals surface area contributed by atoms with E-state index in [0.717, 1.165) is 35.3 Å². The van der Waals surface area contributed by atoms with Crippen molar-refractivity contribution in [3.63, 3.8) is 0 Å². The normalized spacial score (nSPS) is 17.2. The van der Waals surface area contributed by atoms with Crippen LogP contribution in [0.4, 0.5) is 0 Å². The molecule has 0 unspecified atom stereocenters. The minimum Gasteiger partial charge on any atom is -0.507 e. The highest BCUT2D eigenvalue weighted by atomic mass is 16.4. The van der Waals surface area contributed by atoms with Crippen LogP contribution in [-0.2, 0) is 41.6 Å². The molecule has 19 heteroatoms. The number of phenols is 2. The first kappa shape index (κ1) is 52.6. The number of amides is 6. The Kier molecular flexibility index (Phi) is 18.8. The second-order valence-corrected chi connectivity index (χ2v) is 17.1. The number of unbranched alkanes of at least 4 members (excludes halogenated alkanes) is 2. The van der Waals surface area contributed by atoms with Crippen molar-refractivity contribution >= 4 is 41.4 Å². The number of hydrogen-bond donors (Lipinski definition) is 11. The molecular formula is C50H62N8O11. The van der Waals surface area contributed by atoms with Gasteiger partial charge in [0.15, 0.2) is 6.17 Å². The van der Waals surface area contributed by atoms with E-state index in [4.69, 9.17) is 11.5 Å². The zero-order valence-corrected chi connectivity index (χ0v) is 38.9. The quantitative estimate of drug-likeness (QED) is 0.0475. The van der Waals surface area contributed by atoms with Gasteiger partial charge in [-0.3, -0.25) is 28.8 Å². The lowest BCUT2D eigenvalue weighted by atomic mass is 9.93. The Morgan fingerprint density at radius 3 is 2.03 bits per heavy atom. The number of phenolic OH excluding ortho intramolecular Hbond substituents is 2. The van der Waals surface area contributed by atoms with Gasteiger partial charge in [-0.2, -0.15) is 0 Å². The van der Waals surface area contributed by atoms with Gasteiger partial charge in [0.1, 0.15) is 41.7 Å². The molecule has 0 saturated heterocycles. The molecule has 1 aliphatic heterocycles. The lowest BCUT2D eigenvalue weighted by Gasteiger charge is -2.33. The van der Waals surface area contributed by atoms with Gasteiger partial charge < -0.3 is 63.4 Å². The monoisotopic (exact) mass is 950 g/mol. The number of aromatic hydroxyl groups is 2. The zero-order chi connectivity index (χ0) is 50.4. The largest absolute Gasteiger partial charge is 0.507 e. The van der Waals surface area contributed by atoms with Crippen molar-refractivity contribution < 1.29 is 54.0 Å². The van der Waals surface area contributed by atoms with Crippen LogP contribution in [0.2, 0.25) is 0 Å². The van der Waals surface area contributed by atoms with Crippen LogP contribution >= 0.6 is 0 Å². The van der Waals surface area contributed by atoms with Crippen molar-refractivity contribution in [3.05, 3.63) is 107 Å². The molecule has 4 aromatic carbocycles. The third-order valence-corrected chi connectivity index (χ3v) is 11.9. The lowest BCUT2D eigenvalue weighted by molar-refractivity contribution is -0.144. The standard InChI is InChI=1S/C50H62N8O11/c1-4-5-8-29-10-13-31(14-11-29)32-15-17-33(18-16-32)45(63)54-37(22-24-59)46(64)57-43(52)48(66)55-38(9-6-7-23-51)49(67)58(3)42-34-19-21-41(61)36(27-34)35-25-30(12-20-40(35)60)26-39(50(68)69)56-44(62)28(2)53-47(42)65/h10-21,25,27-28,37-39,42-43,59-61H,4-9,22-24,26,51-52H2,1-3H3,(H,53,65)(H,54,63)(H,55,66)(H,56,62)(H,57,64)(H,68,69)/t28-,37+,38-,39-,42-,43-/m0/s1. The summed E-state index contributed by atoms with van der Waals surface area (Å²) in [5, 5.41) is 54.0. The summed E-state index contributed by atoms with van der Waals surface area (Å²) in [6, 6.07) is 16.1. The molecule has 69 heavy (non-hydrogen) atoms. The van der Waals surface area contributed by atoms with E-state index >= 15 is 0 Å². The number of aliphatic hydroxyl groups is 1. The molecule has 0 fully saturated rings. The number of hydrogen-bond acceptors (Lipinski definition) is 12. The molecule has 0 aromatic heterocycles. The maximum atomic E-state index is 14.5. The number of nitrogens with two attached hydrogens (primary N) is 2. The molecule has 1 aliphatic rings. The molecule has 13 N–H and O–H groups in total. The molecule has 0 saturated carbocycles. The van der Waals surface area contributed by atoms with Crippen LogP contribution in [0.1, 0.15) is 85.5 Å². The number of likely N-dealkylation sites (N-methyl/N-ethyl adjacent to an activating group) is 1. The molecule has 6 amide bonds. The summed E-state index contributed by atoms with van der Waals surface area (Å²) in [5.74, 6) is -7.08. The second-order valence-electron chi connectivity index (χ2n) is 17.1. The van der Waals surface area contributed by atoms with Crippen LogP contribution in [0.15, 0.2) is 84.9 Å². The summed E-state index contributed by atoms with van der Waals surface area (Å²) in [4.78, 5) is 95.7. The Bertz CT molecular complexity index is 2480. The van der Waals surface area contributed by atoms with Crippen LogP contribution in [0.25, 0.3) is 22.3 Å². The number of nitrogens with zero attached hydrogens (tertiary/aromatic N) is 1. The van der Waals surface area contributed by atoms with E-state index in [1.54, 1.807) is 24.3 Å². The first-order valence-electron chi connectivity index (χ1n) is 22.9. The SMILES string of the molecule is CCCCc1ccc(-c2ccc(C(=O)N[C@H](CCO)C(=O)N[C@H](N)C(=O)N[C@@H](CCCCN)C(=O)N(C)[C@@H]3C(=O)N[C@@H](C)C(=O)N[C@H](C(=O)O)Cc4ccc(O)c(c4)-c4cc3ccc4O)cc2)cc1. The van der Waals surface area contributed by atoms with Crippen LogP contribution in [0, 0.1) is 0 Å². The zero-order valence-electron chi connectivity index (χ0n) is 38.9. The molecular weight excluding hydrogens is 889 g/mol. The number of benzene rings is 4. The molecule has 5 rings (SSSR count). The first-order valence-corrected chi connectivity index (χ1v) is 22.9. The Morgan fingerprint density at radius 1 is 0.768 bits per heavy atom.